The maximum atomic E-state index is 12.4. The Labute approximate surface area is 117 Å². The number of amides is 1. The molecule has 1 N–H and O–H groups in total. The molecule has 1 aliphatic rings. The number of piperazine rings is 1. The Kier molecular flexibility index (Phi) is 3.47. The first kappa shape index (κ1) is 12.8. The maximum absolute atomic E-state index is 12.4. The maximum Gasteiger partial charge on any atom is 0.255 e. The molecule has 0 bridgehead atoms. The van der Waals surface area contributed by atoms with Gasteiger partial charge in [0.15, 0.2) is 5.82 Å². The zero-order valence-electron chi connectivity index (χ0n) is 11.5. The highest BCUT2D eigenvalue weighted by molar-refractivity contribution is 5.94. The van der Waals surface area contributed by atoms with Gasteiger partial charge in [-0.15, -0.1) is 0 Å². The minimum Gasteiger partial charge on any atom is -0.334 e. The fourth-order valence-electron chi connectivity index (χ4n) is 2.33. The molecule has 1 fully saturated rings. The van der Waals surface area contributed by atoms with Gasteiger partial charge in [0.25, 0.3) is 5.91 Å². The van der Waals surface area contributed by atoms with Crippen LogP contribution in [0.3, 0.4) is 0 Å². The van der Waals surface area contributed by atoms with E-state index in [2.05, 4.69) is 17.1 Å². The first-order chi connectivity index (χ1) is 9.74. The molecule has 1 aliphatic heterocycles. The van der Waals surface area contributed by atoms with Gasteiger partial charge in [-0.05, 0) is 18.2 Å². The van der Waals surface area contributed by atoms with Crippen molar-refractivity contribution < 1.29 is 9.69 Å². The first-order valence-electron chi connectivity index (χ1n) is 6.81. The third-order valence-corrected chi connectivity index (χ3v) is 3.64. The van der Waals surface area contributed by atoms with Crippen LogP contribution in [0.15, 0.2) is 36.8 Å². The van der Waals surface area contributed by atoms with Crippen molar-refractivity contribution in [3.8, 4) is 5.82 Å². The van der Waals surface area contributed by atoms with Crippen LogP contribution >= 0.6 is 0 Å². The third kappa shape index (κ3) is 2.55. The van der Waals surface area contributed by atoms with Gasteiger partial charge in [0.2, 0.25) is 0 Å². The summed E-state index contributed by atoms with van der Waals surface area (Å²) in [5.41, 5.74) is 0.639. The van der Waals surface area contributed by atoms with Crippen molar-refractivity contribution in [3.05, 3.63) is 42.4 Å². The molecule has 0 radical (unpaired) electrons. The predicted octanol–water partition coefficient (Wildman–Crippen LogP) is -0.762. The molecule has 0 aromatic carbocycles. The number of quaternary nitrogens is 1. The average Bonchev–Trinajstić information content (AvgIpc) is 3.02. The Hall–Kier alpha value is -2.21. The number of pyridine rings is 1. The van der Waals surface area contributed by atoms with Gasteiger partial charge < -0.3 is 9.80 Å². The van der Waals surface area contributed by atoms with Crippen molar-refractivity contribution in [2.24, 2.45) is 0 Å². The molecule has 0 saturated carbocycles. The number of carbonyl (C=O) groups excluding carboxylic acids is 1. The summed E-state index contributed by atoms with van der Waals surface area (Å²) in [6.45, 7) is 3.63. The monoisotopic (exact) mass is 272 g/mol. The molecular formula is C14H18N5O+. The van der Waals surface area contributed by atoms with Crippen molar-refractivity contribution in [1.82, 2.24) is 19.7 Å². The molecule has 2 aromatic rings. The molecule has 104 valence electrons. The van der Waals surface area contributed by atoms with Crippen LogP contribution in [0.2, 0.25) is 0 Å². The van der Waals surface area contributed by atoms with Crippen LogP contribution in [-0.2, 0) is 0 Å². The Morgan fingerprint density at radius 3 is 2.70 bits per heavy atom. The summed E-state index contributed by atoms with van der Waals surface area (Å²) in [6.07, 6.45) is 5.16. The second kappa shape index (κ2) is 5.42. The van der Waals surface area contributed by atoms with Crippen molar-refractivity contribution in [2.45, 2.75) is 0 Å². The standard InChI is InChI=1S/C14H17N5O/c1-17-7-9-18(10-8-17)14(20)12-3-4-13(15-11-12)19-6-2-5-16-19/h2-6,11H,7-10H2,1H3/p+1. The van der Waals surface area contributed by atoms with Gasteiger partial charge in [-0.2, -0.15) is 5.10 Å². The molecule has 0 spiro atoms. The van der Waals surface area contributed by atoms with Crippen molar-refractivity contribution in [1.29, 1.82) is 0 Å². The second-order valence-electron chi connectivity index (χ2n) is 5.11. The fraction of sp³-hybridized carbons (Fsp3) is 0.357. The first-order valence-corrected chi connectivity index (χ1v) is 6.81. The molecular weight excluding hydrogens is 254 g/mol. The Morgan fingerprint density at radius 2 is 2.10 bits per heavy atom. The second-order valence-corrected chi connectivity index (χ2v) is 5.11. The van der Waals surface area contributed by atoms with E-state index in [1.54, 1.807) is 17.1 Å². The summed E-state index contributed by atoms with van der Waals surface area (Å²) in [6, 6.07) is 5.48. The number of rotatable bonds is 2. The molecule has 0 unspecified atom stereocenters. The Morgan fingerprint density at radius 1 is 1.30 bits per heavy atom. The number of nitrogens with zero attached hydrogens (tertiary/aromatic N) is 4. The number of hydrogen-bond acceptors (Lipinski definition) is 3. The van der Waals surface area contributed by atoms with Crippen LogP contribution in [0.5, 0.6) is 0 Å². The van der Waals surface area contributed by atoms with E-state index in [1.165, 1.54) is 4.90 Å². The Bertz CT molecular complexity index is 570. The minimum atomic E-state index is 0.0667. The largest absolute Gasteiger partial charge is 0.334 e. The normalized spacial score (nSPS) is 16.4. The number of carbonyl (C=O) groups is 1. The zero-order valence-corrected chi connectivity index (χ0v) is 11.5. The SMILES string of the molecule is C[NH+]1CCN(C(=O)c2ccc(-n3cccn3)nc2)CC1. The molecule has 1 amide bonds. The van der Waals surface area contributed by atoms with Crippen LogP contribution in [0.4, 0.5) is 0 Å². The van der Waals surface area contributed by atoms with E-state index in [-0.39, 0.29) is 5.91 Å². The minimum absolute atomic E-state index is 0.0667. The number of hydrogen-bond donors (Lipinski definition) is 1. The summed E-state index contributed by atoms with van der Waals surface area (Å²) in [7, 11) is 2.16. The topological polar surface area (TPSA) is 55.5 Å². The van der Waals surface area contributed by atoms with Crippen molar-refractivity contribution >= 4 is 5.91 Å². The number of aromatic nitrogens is 3. The summed E-state index contributed by atoms with van der Waals surface area (Å²) in [5.74, 6) is 0.784. The lowest BCUT2D eigenvalue weighted by Gasteiger charge is -2.30. The molecule has 6 nitrogen and oxygen atoms in total. The molecule has 0 aliphatic carbocycles. The highest BCUT2D eigenvalue weighted by Crippen LogP contribution is 2.07. The van der Waals surface area contributed by atoms with E-state index in [4.69, 9.17) is 0 Å². The van der Waals surface area contributed by atoms with Gasteiger partial charge in [-0.1, -0.05) is 0 Å². The highest BCUT2D eigenvalue weighted by atomic mass is 16.2. The lowest BCUT2D eigenvalue weighted by Crippen LogP contribution is -3.12. The van der Waals surface area contributed by atoms with Gasteiger partial charge in [0, 0.05) is 18.6 Å². The average molecular weight is 272 g/mol. The van der Waals surface area contributed by atoms with Crippen LogP contribution < -0.4 is 4.90 Å². The lowest BCUT2D eigenvalue weighted by atomic mass is 10.2. The smallest absolute Gasteiger partial charge is 0.255 e. The molecule has 2 aromatic heterocycles. The van der Waals surface area contributed by atoms with E-state index in [0.29, 0.717) is 5.56 Å². The molecule has 20 heavy (non-hydrogen) atoms. The van der Waals surface area contributed by atoms with Crippen molar-refractivity contribution in [2.75, 3.05) is 33.2 Å². The van der Waals surface area contributed by atoms with Gasteiger partial charge in [0.05, 0.1) is 38.8 Å². The van der Waals surface area contributed by atoms with Gasteiger partial charge >= 0.3 is 0 Å². The molecule has 0 atom stereocenters. The third-order valence-electron chi connectivity index (χ3n) is 3.64. The van der Waals surface area contributed by atoms with E-state index in [0.717, 1.165) is 32.0 Å². The van der Waals surface area contributed by atoms with E-state index < -0.39 is 0 Å². The van der Waals surface area contributed by atoms with Crippen molar-refractivity contribution in [3.63, 3.8) is 0 Å². The van der Waals surface area contributed by atoms with Gasteiger partial charge in [-0.25, -0.2) is 9.67 Å². The van der Waals surface area contributed by atoms with E-state index >= 15 is 0 Å². The molecule has 3 heterocycles. The predicted molar refractivity (Wildman–Crippen MR) is 73.9 cm³/mol. The Balaban J connectivity index is 1.73. The van der Waals surface area contributed by atoms with E-state index in [1.807, 2.05) is 29.3 Å². The van der Waals surface area contributed by atoms with Gasteiger partial charge in [0.1, 0.15) is 0 Å². The zero-order chi connectivity index (χ0) is 13.9. The molecule has 6 heteroatoms. The van der Waals surface area contributed by atoms with Crippen LogP contribution in [0.1, 0.15) is 10.4 Å². The fourth-order valence-corrected chi connectivity index (χ4v) is 2.33. The summed E-state index contributed by atoms with van der Waals surface area (Å²) in [4.78, 5) is 20.0. The number of nitrogens with one attached hydrogen (secondary N) is 1. The lowest BCUT2D eigenvalue weighted by molar-refractivity contribution is -0.883. The van der Waals surface area contributed by atoms with Crippen LogP contribution in [0, 0.1) is 0 Å². The number of likely N-dealkylation sites (N-methyl/N-ethyl adjacent to an activating group) is 1. The van der Waals surface area contributed by atoms with Crippen LogP contribution in [0.25, 0.3) is 5.82 Å². The summed E-state index contributed by atoms with van der Waals surface area (Å²) < 4.78 is 1.67. The highest BCUT2D eigenvalue weighted by Gasteiger charge is 2.22. The summed E-state index contributed by atoms with van der Waals surface area (Å²) >= 11 is 0. The van der Waals surface area contributed by atoms with Crippen LogP contribution in [-0.4, -0.2) is 58.8 Å². The van der Waals surface area contributed by atoms with Gasteiger partial charge in [-0.3, -0.25) is 4.79 Å². The molecule has 1 saturated heterocycles. The summed E-state index contributed by atoms with van der Waals surface area (Å²) in [5, 5.41) is 4.12. The quantitative estimate of drug-likeness (QED) is 0.782. The molecule has 3 rings (SSSR count). The van der Waals surface area contributed by atoms with E-state index in [9.17, 15) is 4.79 Å².